The molecule has 1 aromatic heterocycles. The molecule has 1 aliphatic heterocycles. The number of para-hydroxylation sites is 1. The van der Waals surface area contributed by atoms with Crippen LogP contribution in [-0.2, 0) is 10.3 Å². The third kappa shape index (κ3) is 2.38. The van der Waals surface area contributed by atoms with E-state index >= 15 is 0 Å². The number of hydrogen-bond donors (Lipinski definition) is 3. The molecule has 1 aliphatic rings. The highest BCUT2D eigenvalue weighted by atomic mass is 16.6. The number of hydrogen-bond acceptors (Lipinski definition) is 5. The summed E-state index contributed by atoms with van der Waals surface area (Å²) in [4.78, 5) is 15.7. The van der Waals surface area contributed by atoms with Crippen LogP contribution in [0.2, 0.25) is 0 Å². The lowest BCUT2D eigenvalue weighted by Gasteiger charge is -2.38. The predicted octanol–water partition coefficient (Wildman–Crippen LogP) is 1.49. The number of aromatic nitrogens is 1. The van der Waals surface area contributed by atoms with Gasteiger partial charge < -0.3 is 21.5 Å². The van der Waals surface area contributed by atoms with E-state index in [2.05, 4.69) is 10.3 Å². The van der Waals surface area contributed by atoms with Gasteiger partial charge in [0.2, 0.25) is 0 Å². The first-order valence-electron chi connectivity index (χ1n) is 6.95. The molecule has 3 rings (SSSR count). The van der Waals surface area contributed by atoms with Gasteiger partial charge in [-0.15, -0.1) is 0 Å². The molecule has 1 saturated heterocycles. The van der Waals surface area contributed by atoms with Crippen LogP contribution in [0.15, 0.2) is 30.5 Å². The van der Waals surface area contributed by atoms with Gasteiger partial charge in [-0.2, -0.15) is 0 Å². The van der Waals surface area contributed by atoms with E-state index in [1.165, 1.54) is 0 Å². The Morgan fingerprint density at radius 2 is 2.19 bits per heavy atom. The Labute approximate surface area is 122 Å². The van der Waals surface area contributed by atoms with Crippen molar-refractivity contribution in [3.05, 3.63) is 36.0 Å². The summed E-state index contributed by atoms with van der Waals surface area (Å²) in [6.07, 6.45) is 2.38. The molecular formula is C15H18N4O2. The van der Waals surface area contributed by atoms with Crippen molar-refractivity contribution in [2.75, 3.05) is 18.8 Å². The van der Waals surface area contributed by atoms with Crippen molar-refractivity contribution in [3.63, 3.8) is 0 Å². The van der Waals surface area contributed by atoms with E-state index in [1.54, 1.807) is 6.20 Å². The summed E-state index contributed by atoms with van der Waals surface area (Å²) in [6.45, 7) is 1.38. The van der Waals surface area contributed by atoms with Gasteiger partial charge >= 0.3 is 6.09 Å². The van der Waals surface area contributed by atoms with Gasteiger partial charge in [0.25, 0.3) is 0 Å². The Morgan fingerprint density at radius 1 is 1.38 bits per heavy atom. The van der Waals surface area contributed by atoms with Crippen molar-refractivity contribution >= 4 is 22.7 Å². The fraction of sp³-hybridized carbons (Fsp3) is 0.333. The van der Waals surface area contributed by atoms with E-state index in [-0.39, 0.29) is 0 Å². The number of nitrogens with one attached hydrogen (secondary N) is 1. The summed E-state index contributed by atoms with van der Waals surface area (Å²) in [6, 6.07) is 7.68. The number of carbonyl (C=O) groups is 1. The maximum atomic E-state index is 11.4. The van der Waals surface area contributed by atoms with Crippen molar-refractivity contribution in [2.24, 2.45) is 5.73 Å². The molecule has 1 aromatic carbocycles. The SMILES string of the molecule is NC(=O)O[C@]1(c2c(N)cnc3ccccc23)CCCNC1. The Hall–Kier alpha value is -2.34. The van der Waals surface area contributed by atoms with Gasteiger partial charge in [-0.05, 0) is 25.5 Å². The van der Waals surface area contributed by atoms with Crippen LogP contribution in [0.3, 0.4) is 0 Å². The first-order chi connectivity index (χ1) is 10.1. The van der Waals surface area contributed by atoms with Gasteiger partial charge in [-0.1, -0.05) is 18.2 Å². The Balaban J connectivity index is 2.23. The monoisotopic (exact) mass is 286 g/mol. The molecule has 1 atom stereocenters. The van der Waals surface area contributed by atoms with Crippen molar-refractivity contribution < 1.29 is 9.53 Å². The summed E-state index contributed by atoms with van der Waals surface area (Å²) < 4.78 is 5.52. The molecule has 2 aromatic rings. The molecule has 1 fully saturated rings. The summed E-state index contributed by atoms with van der Waals surface area (Å²) >= 11 is 0. The average molecular weight is 286 g/mol. The van der Waals surface area contributed by atoms with Crippen LogP contribution < -0.4 is 16.8 Å². The zero-order valence-corrected chi connectivity index (χ0v) is 11.6. The number of rotatable bonds is 2. The van der Waals surface area contributed by atoms with E-state index < -0.39 is 11.7 Å². The third-order valence-corrected chi connectivity index (χ3v) is 3.90. The van der Waals surface area contributed by atoms with Crippen LogP contribution in [-0.4, -0.2) is 24.2 Å². The number of ether oxygens (including phenoxy) is 1. The van der Waals surface area contributed by atoms with Crippen LogP contribution in [0.4, 0.5) is 10.5 Å². The highest BCUT2D eigenvalue weighted by molar-refractivity contribution is 5.87. The highest BCUT2D eigenvalue weighted by Crippen LogP contribution is 2.39. The molecule has 110 valence electrons. The molecule has 1 amide bonds. The molecule has 0 saturated carbocycles. The van der Waals surface area contributed by atoms with E-state index in [9.17, 15) is 4.79 Å². The van der Waals surface area contributed by atoms with Crippen LogP contribution in [0.25, 0.3) is 10.9 Å². The average Bonchev–Trinajstić information content (AvgIpc) is 2.47. The smallest absolute Gasteiger partial charge is 0.405 e. The standard InChI is InChI=1S/C15H18N4O2/c16-11-8-19-12-5-2-1-4-10(12)13(11)15(21-14(17)20)6-3-7-18-9-15/h1-2,4-5,8,18H,3,6-7,9,16H2,(H2,17,20)/t15-/m1/s1. The molecule has 0 unspecified atom stereocenters. The molecule has 2 heterocycles. The lowest BCUT2D eigenvalue weighted by molar-refractivity contribution is -0.00419. The molecule has 0 aliphatic carbocycles. The number of pyridine rings is 1. The van der Waals surface area contributed by atoms with Gasteiger partial charge in [0.05, 0.1) is 17.4 Å². The number of fused-ring (bicyclic) bond motifs is 1. The summed E-state index contributed by atoms with van der Waals surface area (Å²) in [7, 11) is 0. The maximum Gasteiger partial charge on any atom is 0.405 e. The summed E-state index contributed by atoms with van der Waals surface area (Å²) in [5.74, 6) is 0. The number of piperidine rings is 1. The fourth-order valence-corrected chi connectivity index (χ4v) is 3.09. The molecule has 0 spiro atoms. The van der Waals surface area contributed by atoms with Gasteiger partial charge in [-0.3, -0.25) is 4.98 Å². The number of benzene rings is 1. The van der Waals surface area contributed by atoms with Crippen LogP contribution in [0.5, 0.6) is 0 Å². The zero-order valence-electron chi connectivity index (χ0n) is 11.6. The number of amides is 1. The van der Waals surface area contributed by atoms with E-state index in [1.807, 2.05) is 24.3 Å². The first-order valence-corrected chi connectivity index (χ1v) is 6.95. The topological polar surface area (TPSA) is 103 Å². The van der Waals surface area contributed by atoms with Gasteiger partial charge in [0.15, 0.2) is 5.60 Å². The number of primary amides is 1. The third-order valence-electron chi connectivity index (χ3n) is 3.90. The van der Waals surface area contributed by atoms with Crippen molar-refractivity contribution in [2.45, 2.75) is 18.4 Å². The van der Waals surface area contributed by atoms with Gasteiger partial charge in [-0.25, -0.2) is 4.79 Å². The minimum Gasteiger partial charge on any atom is -0.437 e. The number of anilines is 1. The lowest BCUT2D eigenvalue weighted by atomic mass is 9.83. The minimum absolute atomic E-state index is 0.494. The Bertz CT molecular complexity index is 680. The predicted molar refractivity (Wildman–Crippen MR) is 80.6 cm³/mol. The second-order valence-corrected chi connectivity index (χ2v) is 5.30. The maximum absolute atomic E-state index is 11.4. The Morgan fingerprint density at radius 3 is 2.90 bits per heavy atom. The molecular weight excluding hydrogens is 268 g/mol. The molecule has 21 heavy (non-hydrogen) atoms. The van der Waals surface area contributed by atoms with Crippen molar-refractivity contribution in [1.82, 2.24) is 10.3 Å². The largest absolute Gasteiger partial charge is 0.437 e. The van der Waals surface area contributed by atoms with Crippen LogP contribution in [0, 0.1) is 0 Å². The summed E-state index contributed by atoms with van der Waals surface area (Å²) in [5, 5.41) is 4.15. The number of carbonyl (C=O) groups excluding carboxylic acids is 1. The van der Waals surface area contributed by atoms with E-state index in [0.717, 1.165) is 29.4 Å². The van der Waals surface area contributed by atoms with Crippen molar-refractivity contribution in [3.8, 4) is 0 Å². The Kier molecular flexibility index (Phi) is 3.39. The quantitative estimate of drug-likeness (QED) is 0.776. The first kappa shape index (κ1) is 13.6. The second-order valence-electron chi connectivity index (χ2n) is 5.30. The number of nitrogens with zero attached hydrogens (tertiary/aromatic N) is 1. The number of nitrogens with two attached hydrogens (primary N) is 2. The van der Waals surface area contributed by atoms with Crippen molar-refractivity contribution in [1.29, 1.82) is 0 Å². The fourth-order valence-electron chi connectivity index (χ4n) is 3.09. The second kappa shape index (κ2) is 5.21. The van der Waals surface area contributed by atoms with E-state index in [0.29, 0.717) is 18.7 Å². The molecule has 5 N–H and O–H groups in total. The van der Waals surface area contributed by atoms with Gasteiger partial charge in [0, 0.05) is 17.5 Å². The minimum atomic E-state index is -0.837. The highest BCUT2D eigenvalue weighted by Gasteiger charge is 2.40. The van der Waals surface area contributed by atoms with Crippen LogP contribution >= 0.6 is 0 Å². The molecule has 6 nitrogen and oxygen atoms in total. The zero-order chi connectivity index (χ0) is 14.9. The molecule has 0 radical (unpaired) electrons. The molecule has 6 heteroatoms. The van der Waals surface area contributed by atoms with Crippen LogP contribution in [0.1, 0.15) is 18.4 Å². The number of nitrogen functional groups attached to an aromatic ring is 1. The van der Waals surface area contributed by atoms with Gasteiger partial charge in [0.1, 0.15) is 0 Å². The summed E-state index contributed by atoms with van der Waals surface area (Å²) in [5.41, 5.74) is 12.7. The lowest BCUT2D eigenvalue weighted by Crippen LogP contribution is -2.48. The van der Waals surface area contributed by atoms with E-state index in [4.69, 9.17) is 16.2 Å². The molecule has 0 bridgehead atoms. The normalized spacial score (nSPS) is 22.1.